The fourth-order valence-electron chi connectivity index (χ4n) is 0.938. The molecule has 78 valence electrons. The van der Waals surface area contributed by atoms with Crippen molar-refractivity contribution in [2.75, 3.05) is 6.54 Å². The molecular formula is C8H8F4N2. The lowest BCUT2D eigenvalue weighted by atomic mass is 10.1. The molecule has 14 heavy (non-hydrogen) atoms. The van der Waals surface area contributed by atoms with Crippen molar-refractivity contribution in [2.45, 2.75) is 12.3 Å². The van der Waals surface area contributed by atoms with Gasteiger partial charge in [-0.1, -0.05) is 0 Å². The summed E-state index contributed by atoms with van der Waals surface area (Å²) in [5.41, 5.74) is 4.06. The van der Waals surface area contributed by atoms with E-state index in [0.717, 1.165) is 0 Å². The van der Waals surface area contributed by atoms with Gasteiger partial charge in [0.1, 0.15) is 11.6 Å². The molecule has 0 aromatic carbocycles. The van der Waals surface area contributed by atoms with Crippen LogP contribution in [0.1, 0.15) is 5.56 Å². The summed E-state index contributed by atoms with van der Waals surface area (Å²) < 4.78 is 51.1. The molecule has 0 saturated heterocycles. The van der Waals surface area contributed by atoms with Gasteiger partial charge in [0.15, 0.2) is 0 Å². The summed E-state index contributed by atoms with van der Waals surface area (Å²) in [6, 6.07) is 0. The molecule has 0 saturated carbocycles. The number of alkyl halides is 2. The van der Waals surface area contributed by atoms with Crippen LogP contribution in [0.2, 0.25) is 0 Å². The van der Waals surface area contributed by atoms with Crippen molar-refractivity contribution in [1.82, 2.24) is 4.98 Å². The summed E-state index contributed by atoms with van der Waals surface area (Å²) in [6.45, 7) is -0.950. The Morgan fingerprint density at radius 3 is 2.14 bits per heavy atom. The highest BCUT2D eigenvalue weighted by atomic mass is 19.3. The Morgan fingerprint density at radius 1 is 1.21 bits per heavy atom. The van der Waals surface area contributed by atoms with Gasteiger partial charge in [-0.05, 0) is 0 Å². The molecule has 1 heterocycles. The van der Waals surface area contributed by atoms with Crippen LogP contribution >= 0.6 is 0 Å². The van der Waals surface area contributed by atoms with Crippen LogP contribution in [0.3, 0.4) is 0 Å². The maximum atomic E-state index is 12.8. The molecule has 0 aliphatic rings. The summed E-state index contributed by atoms with van der Waals surface area (Å²) in [5, 5.41) is 0. The lowest BCUT2D eigenvalue weighted by Crippen LogP contribution is -2.31. The van der Waals surface area contributed by atoms with Gasteiger partial charge in [-0.3, -0.25) is 4.98 Å². The van der Waals surface area contributed by atoms with Gasteiger partial charge in [0.2, 0.25) is 0 Å². The molecule has 1 rings (SSSR count). The minimum atomic E-state index is -3.30. The third-order valence-corrected chi connectivity index (χ3v) is 1.69. The first-order valence-electron chi connectivity index (χ1n) is 3.82. The van der Waals surface area contributed by atoms with Crippen LogP contribution in [0, 0.1) is 11.6 Å². The zero-order valence-electron chi connectivity index (χ0n) is 7.11. The van der Waals surface area contributed by atoms with Crippen LogP contribution in [0.25, 0.3) is 0 Å². The van der Waals surface area contributed by atoms with Gasteiger partial charge in [-0.2, -0.15) is 0 Å². The van der Waals surface area contributed by atoms with E-state index >= 15 is 0 Å². The predicted molar refractivity (Wildman–Crippen MR) is 41.9 cm³/mol. The molecule has 0 aliphatic carbocycles. The monoisotopic (exact) mass is 208 g/mol. The molecule has 0 aliphatic heterocycles. The van der Waals surface area contributed by atoms with Gasteiger partial charge in [0, 0.05) is 12.0 Å². The number of hydrogen-bond donors (Lipinski definition) is 1. The molecular weight excluding hydrogens is 200 g/mol. The van der Waals surface area contributed by atoms with Crippen LogP contribution in [-0.2, 0) is 6.42 Å². The number of pyridine rings is 1. The Morgan fingerprint density at radius 2 is 1.71 bits per heavy atom. The Bertz CT molecular complexity index is 307. The third-order valence-electron chi connectivity index (χ3n) is 1.69. The zero-order chi connectivity index (χ0) is 10.8. The fraction of sp³-hybridized carbons (Fsp3) is 0.375. The Hall–Kier alpha value is -1.17. The van der Waals surface area contributed by atoms with Crippen LogP contribution in [0.4, 0.5) is 17.6 Å². The number of hydrogen-bond acceptors (Lipinski definition) is 2. The number of nitrogens with two attached hydrogens (primary N) is 1. The second kappa shape index (κ2) is 3.91. The molecule has 0 amide bonds. The van der Waals surface area contributed by atoms with Crippen molar-refractivity contribution >= 4 is 0 Å². The van der Waals surface area contributed by atoms with Crippen molar-refractivity contribution < 1.29 is 17.6 Å². The Balaban J connectivity index is 2.97. The molecule has 0 radical (unpaired) electrons. The molecule has 1 aromatic rings. The largest absolute Gasteiger partial charge is 0.325 e. The van der Waals surface area contributed by atoms with Crippen molar-refractivity contribution in [3.8, 4) is 0 Å². The van der Waals surface area contributed by atoms with Gasteiger partial charge in [0.05, 0.1) is 18.9 Å². The molecule has 0 unspecified atom stereocenters. The highest BCUT2D eigenvalue weighted by Crippen LogP contribution is 2.21. The molecule has 0 spiro atoms. The minimum Gasteiger partial charge on any atom is -0.325 e. The maximum Gasteiger partial charge on any atom is 0.264 e. The summed E-state index contributed by atoms with van der Waals surface area (Å²) in [7, 11) is 0. The lowest BCUT2D eigenvalue weighted by Gasteiger charge is -2.14. The topological polar surface area (TPSA) is 38.9 Å². The van der Waals surface area contributed by atoms with E-state index in [-0.39, 0.29) is 0 Å². The van der Waals surface area contributed by atoms with Crippen LogP contribution in [0.5, 0.6) is 0 Å². The number of nitrogens with zero attached hydrogens (tertiary/aromatic N) is 1. The average Bonchev–Trinajstić information content (AvgIpc) is 2.12. The quantitative estimate of drug-likeness (QED) is 0.764. The van der Waals surface area contributed by atoms with Gasteiger partial charge in [-0.25, -0.2) is 17.6 Å². The Kier molecular flexibility index (Phi) is 3.05. The standard InChI is InChI=1S/C8H8F4N2/c9-6-2-14-3-7(10)5(6)1-8(11,12)4-13/h2-3H,1,4,13H2. The highest BCUT2D eigenvalue weighted by Gasteiger charge is 2.30. The van der Waals surface area contributed by atoms with Crippen LogP contribution in [-0.4, -0.2) is 17.5 Å². The zero-order valence-corrected chi connectivity index (χ0v) is 7.11. The third kappa shape index (κ3) is 2.41. The van der Waals surface area contributed by atoms with E-state index in [1.54, 1.807) is 0 Å². The highest BCUT2D eigenvalue weighted by molar-refractivity contribution is 5.16. The van der Waals surface area contributed by atoms with Crippen molar-refractivity contribution in [3.05, 3.63) is 29.6 Å². The average molecular weight is 208 g/mol. The van der Waals surface area contributed by atoms with Gasteiger partial charge in [0.25, 0.3) is 5.92 Å². The molecule has 2 N–H and O–H groups in total. The van der Waals surface area contributed by atoms with Gasteiger partial charge >= 0.3 is 0 Å². The molecule has 2 nitrogen and oxygen atoms in total. The van der Waals surface area contributed by atoms with Crippen molar-refractivity contribution in [2.24, 2.45) is 5.73 Å². The summed E-state index contributed by atoms with van der Waals surface area (Å²) in [5.74, 6) is -5.47. The smallest absolute Gasteiger partial charge is 0.264 e. The van der Waals surface area contributed by atoms with E-state index in [1.165, 1.54) is 0 Å². The van der Waals surface area contributed by atoms with E-state index in [2.05, 4.69) is 4.98 Å². The van der Waals surface area contributed by atoms with Gasteiger partial charge < -0.3 is 5.73 Å². The molecule has 1 aromatic heterocycles. The second-order valence-corrected chi connectivity index (χ2v) is 2.82. The predicted octanol–water partition coefficient (Wildman–Crippen LogP) is 1.50. The second-order valence-electron chi connectivity index (χ2n) is 2.82. The molecule has 6 heteroatoms. The molecule has 0 bridgehead atoms. The maximum absolute atomic E-state index is 12.8. The first kappa shape index (κ1) is 10.9. The molecule has 0 fully saturated rings. The lowest BCUT2D eigenvalue weighted by molar-refractivity contribution is 0.00976. The SMILES string of the molecule is NCC(F)(F)Cc1c(F)cncc1F. The van der Waals surface area contributed by atoms with E-state index in [4.69, 9.17) is 5.73 Å². The van der Waals surface area contributed by atoms with Crippen LogP contribution < -0.4 is 5.73 Å². The van der Waals surface area contributed by atoms with Crippen LogP contribution in [0.15, 0.2) is 12.4 Å². The van der Waals surface area contributed by atoms with E-state index in [9.17, 15) is 17.6 Å². The van der Waals surface area contributed by atoms with Crippen molar-refractivity contribution in [3.63, 3.8) is 0 Å². The normalized spacial score (nSPS) is 11.8. The number of rotatable bonds is 3. The molecule has 0 atom stereocenters. The minimum absolute atomic E-state index is 0.685. The van der Waals surface area contributed by atoms with E-state index in [1.807, 2.05) is 0 Å². The van der Waals surface area contributed by atoms with Crippen molar-refractivity contribution in [1.29, 1.82) is 0 Å². The first-order valence-corrected chi connectivity index (χ1v) is 3.82. The fourth-order valence-corrected chi connectivity index (χ4v) is 0.938. The number of halogens is 4. The number of aromatic nitrogens is 1. The van der Waals surface area contributed by atoms with E-state index in [0.29, 0.717) is 12.4 Å². The van der Waals surface area contributed by atoms with E-state index < -0.39 is 36.1 Å². The summed E-state index contributed by atoms with van der Waals surface area (Å²) in [6.07, 6.45) is 0.319. The Labute approximate surface area is 77.7 Å². The summed E-state index contributed by atoms with van der Waals surface area (Å²) in [4.78, 5) is 3.17. The summed E-state index contributed by atoms with van der Waals surface area (Å²) >= 11 is 0. The van der Waals surface area contributed by atoms with Gasteiger partial charge in [-0.15, -0.1) is 0 Å². The first-order chi connectivity index (χ1) is 6.46.